The van der Waals surface area contributed by atoms with E-state index in [0.717, 1.165) is 12.2 Å². The molecule has 1 aromatic heterocycles. The van der Waals surface area contributed by atoms with E-state index in [9.17, 15) is 0 Å². The Balaban J connectivity index is 2.87. The normalized spacial score (nSPS) is 14.5. The van der Waals surface area contributed by atoms with E-state index in [1.54, 1.807) is 0 Å². The van der Waals surface area contributed by atoms with Gasteiger partial charge in [-0.2, -0.15) is 5.10 Å². The van der Waals surface area contributed by atoms with E-state index in [4.69, 9.17) is 5.73 Å². The largest absolute Gasteiger partial charge is 0.319 e. The van der Waals surface area contributed by atoms with Crippen molar-refractivity contribution in [3.63, 3.8) is 0 Å². The Morgan fingerprint density at radius 2 is 2.15 bits per heavy atom. The summed E-state index contributed by atoms with van der Waals surface area (Å²) in [5.74, 6) is 2.03. The lowest BCUT2D eigenvalue weighted by molar-refractivity contribution is 0.515. The molecule has 0 radical (unpaired) electrons. The SMILES string of the molecule is CCC(C)c1nc(C(C)(C)N)n[nH]1. The van der Waals surface area contributed by atoms with Crippen LogP contribution in [-0.4, -0.2) is 15.2 Å². The number of aromatic nitrogens is 3. The van der Waals surface area contributed by atoms with Crippen LogP contribution in [0.1, 0.15) is 51.7 Å². The number of hydrogen-bond acceptors (Lipinski definition) is 3. The standard InChI is InChI=1S/C9H18N4/c1-5-6(2)7-11-8(13-12-7)9(3,4)10/h6H,5,10H2,1-4H3,(H,11,12,13). The van der Waals surface area contributed by atoms with Crippen LogP contribution in [0.25, 0.3) is 0 Å². The Hall–Kier alpha value is -0.900. The zero-order chi connectivity index (χ0) is 10.1. The lowest BCUT2D eigenvalue weighted by Gasteiger charge is -2.12. The first-order valence-electron chi connectivity index (χ1n) is 4.66. The molecule has 0 aliphatic heterocycles. The number of nitrogens with one attached hydrogen (secondary N) is 1. The molecule has 4 heteroatoms. The van der Waals surface area contributed by atoms with Gasteiger partial charge in [0.15, 0.2) is 5.82 Å². The monoisotopic (exact) mass is 182 g/mol. The fourth-order valence-corrected chi connectivity index (χ4v) is 0.976. The van der Waals surface area contributed by atoms with Crippen LogP contribution in [-0.2, 0) is 5.54 Å². The molecule has 0 aliphatic carbocycles. The van der Waals surface area contributed by atoms with Crippen LogP contribution in [0.3, 0.4) is 0 Å². The number of hydrogen-bond donors (Lipinski definition) is 2. The van der Waals surface area contributed by atoms with Gasteiger partial charge < -0.3 is 5.73 Å². The summed E-state index contributed by atoms with van der Waals surface area (Å²) in [7, 11) is 0. The topological polar surface area (TPSA) is 67.6 Å². The molecule has 0 aromatic carbocycles. The van der Waals surface area contributed by atoms with Gasteiger partial charge >= 0.3 is 0 Å². The molecule has 0 aliphatic rings. The van der Waals surface area contributed by atoms with Gasteiger partial charge in [0, 0.05) is 5.92 Å². The third-order valence-corrected chi connectivity index (χ3v) is 2.16. The molecule has 0 spiro atoms. The highest BCUT2D eigenvalue weighted by Gasteiger charge is 2.20. The summed E-state index contributed by atoms with van der Waals surface area (Å²) in [6.07, 6.45) is 1.06. The van der Waals surface area contributed by atoms with Crippen LogP contribution >= 0.6 is 0 Å². The zero-order valence-electron chi connectivity index (χ0n) is 8.76. The molecule has 1 unspecified atom stereocenters. The van der Waals surface area contributed by atoms with E-state index in [-0.39, 0.29) is 0 Å². The molecule has 1 atom stereocenters. The van der Waals surface area contributed by atoms with Gasteiger partial charge in [0.25, 0.3) is 0 Å². The summed E-state index contributed by atoms with van der Waals surface area (Å²) >= 11 is 0. The second-order valence-corrected chi connectivity index (χ2v) is 4.08. The average Bonchev–Trinajstić information content (AvgIpc) is 2.50. The Morgan fingerprint density at radius 3 is 2.54 bits per heavy atom. The van der Waals surface area contributed by atoms with Gasteiger partial charge in [-0.1, -0.05) is 13.8 Å². The van der Waals surface area contributed by atoms with E-state index >= 15 is 0 Å². The van der Waals surface area contributed by atoms with Crippen LogP contribution in [0.4, 0.5) is 0 Å². The summed E-state index contributed by atoms with van der Waals surface area (Å²) in [5.41, 5.74) is 5.41. The summed E-state index contributed by atoms with van der Waals surface area (Å²) in [6, 6.07) is 0. The fourth-order valence-electron chi connectivity index (χ4n) is 0.976. The highest BCUT2D eigenvalue weighted by Crippen LogP contribution is 2.17. The average molecular weight is 182 g/mol. The Morgan fingerprint density at radius 1 is 1.54 bits per heavy atom. The maximum absolute atomic E-state index is 5.87. The quantitative estimate of drug-likeness (QED) is 0.744. The van der Waals surface area contributed by atoms with Crippen molar-refractivity contribution in [1.29, 1.82) is 0 Å². The smallest absolute Gasteiger partial charge is 0.169 e. The lowest BCUT2D eigenvalue weighted by Crippen LogP contribution is -2.30. The summed E-state index contributed by atoms with van der Waals surface area (Å²) < 4.78 is 0. The molecule has 1 rings (SSSR count). The van der Waals surface area contributed by atoms with E-state index < -0.39 is 5.54 Å². The minimum Gasteiger partial charge on any atom is -0.319 e. The lowest BCUT2D eigenvalue weighted by atomic mass is 10.1. The summed E-state index contributed by atoms with van der Waals surface area (Å²) in [4.78, 5) is 4.36. The number of rotatable bonds is 3. The number of aromatic amines is 1. The zero-order valence-corrected chi connectivity index (χ0v) is 8.76. The molecule has 0 bridgehead atoms. The van der Waals surface area contributed by atoms with Crippen molar-refractivity contribution < 1.29 is 0 Å². The van der Waals surface area contributed by atoms with Crippen molar-refractivity contribution in [2.24, 2.45) is 5.73 Å². The predicted molar refractivity (Wildman–Crippen MR) is 52.3 cm³/mol. The van der Waals surface area contributed by atoms with Crippen molar-refractivity contribution in [3.05, 3.63) is 11.6 Å². The number of nitrogens with two attached hydrogens (primary N) is 1. The molecule has 0 saturated heterocycles. The molecule has 0 saturated carbocycles. The first-order chi connectivity index (χ1) is 5.95. The van der Waals surface area contributed by atoms with Gasteiger partial charge in [0.1, 0.15) is 5.82 Å². The van der Waals surface area contributed by atoms with Crippen LogP contribution in [0.15, 0.2) is 0 Å². The van der Waals surface area contributed by atoms with Crippen molar-refractivity contribution >= 4 is 0 Å². The minimum atomic E-state index is -0.456. The van der Waals surface area contributed by atoms with Crippen molar-refractivity contribution in [2.75, 3.05) is 0 Å². The van der Waals surface area contributed by atoms with Crippen LogP contribution in [0.2, 0.25) is 0 Å². The number of H-pyrrole nitrogens is 1. The van der Waals surface area contributed by atoms with Crippen molar-refractivity contribution in [1.82, 2.24) is 15.2 Å². The van der Waals surface area contributed by atoms with E-state index in [0.29, 0.717) is 11.7 Å². The molecule has 13 heavy (non-hydrogen) atoms. The molecule has 3 N–H and O–H groups in total. The van der Waals surface area contributed by atoms with E-state index in [1.807, 2.05) is 13.8 Å². The van der Waals surface area contributed by atoms with Crippen LogP contribution in [0, 0.1) is 0 Å². The van der Waals surface area contributed by atoms with Gasteiger partial charge in [0.05, 0.1) is 5.54 Å². The third kappa shape index (κ3) is 2.28. The third-order valence-electron chi connectivity index (χ3n) is 2.16. The Labute approximate surface area is 78.9 Å². The van der Waals surface area contributed by atoms with Gasteiger partial charge in [-0.25, -0.2) is 4.98 Å². The molecular formula is C9H18N4. The first-order valence-corrected chi connectivity index (χ1v) is 4.66. The molecule has 4 nitrogen and oxygen atoms in total. The van der Waals surface area contributed by atoms with Crippen LogP contribution < -0.4 is 5.73 Å². The fraction of sp³-hybridized carbons (Fsp3) is 0.778. The summed E-state index contributed by atoms with van der Waals surface area (Å²) in [5, 5.41) is 7.02. The van der Waals surface area contributed by atoms with Gasteiger partial charge in [-0.3, -0.25) is 5.10 Å². The molecule has 74 valence electrons. The molecule has 0 fully saturated rings. The molecular weight excluding hydrogens is 164 g/mol. The maximum atomic E-state index is 5.87. The second kappa shape index (κ2) is 3.46. The van der Waals surface area contributed by atoms with Gasteiger partial charge in [-0.15, -0.1) is 0 Å². The van der Waals surface area contributed by atoms with Crippen LogP contribution in [0.5, 0.6) is 0 Å². The van der Waals surface area contributed by atoms with E-state index in [1.165, 1.54) is 0 Å². The van der Waals surface area contributed by atoms with E-state index in [2.05, 4.69) is 29.0 Å². The highest BCUT2D eigenvalue weighted by atomic mass is 15.2. The first kappa shape index (κ1) is 10.2. The maximum Gasteiger partial charge on any atom is 0.169 e. The molecule has 1 aromatic rings. The van der Waals surface area contributed by atoms with Crippen molar-refractivity contribution in [2.45, 2.75) is 45.6 Å². The molecule has 1 heterocycles. The van der Waals surface area contributed by atoms with Gasteiger partial charge in [0.2, 0.25) is 0 Å². The predicted octanol–water partition coefficient (Wildman–Crippen LogP) is 1.51. The Bertz CT molecular complexity index is 271. The highest BCUT2D eigenvalue weighted by molar-refractivity contribution is 5.03. The van der Waals surface area contributed by atoms with Gasteiger partial charge in [-0.05, 0) is 20.3 Å². The minimum absolute atomic E-state index is 0.420. The van der Waals surface area contributed by atoms with Crippen molar-refractivity contribution in [3.8, 4) is 0 Å². The summed E-state index contributed by atoms with van der Waals surface area (Å²) in [6.45, 7) is 8.04. The second-order valence-electron chi connectivity index (χ2n) is 4.08. The number of nitrogens with zero attached hydrogens (tertiary/aromatic N) is 2. The molecule has 0 amide bonds. The Kier molecular flexibility index (Phi) is 2.71.